The molecule has 0 radical (unpaired) electrons. The molecule has 0 aliphatic rings. The van der Waals surface area contributed by atoms with Crippen LogP contribution in [0.4, 0.5) is 0 Å². The van der Waals surface area contributed by atoms with Gasteiger partial charge < -0.3 is 4.74 Å². The van der Waals surface area contributed by atoms with Crippen molar-refractivity contribution in [3.8, 4) is 17.1 Å². The van der Waals surface area contributed by atoms with Crippen molar-refractivity contribution >= 4 is 0 Å². The Bertz CT molecular complexity index is 709. The maximum atomic E-state index is 5.89. The van der Waals surface area contributed by atoms with Crippen molar-refractivity contribution in [1.82, 2.24) is 9.97 Å². The summed E-state index contributed by atoms with van der Waals surface area (Å²) in [6.07, 6.45) is 20.8. The van der Waals surface area contributed by atoms with Crippen molar-refractivity contribution in [3.05, 3.63) is 54.9 Å². The summed E-state index contributed by atoms with van der Waals surface area (Å²) in [4.78, 5) is 9.15. The zero-order valence-electron chi connectivity index (χ0n) is 19.8. The average molecular weight is 423 g/mol. The molecule has 1 aromatic carbocycles. The molecule has 3 nitrogen and oxygen atoms in total. The van der Waals surface area contributed by atoms with E-state index < -0.39 is 0 Å². The van der Waals surface area contributed by atoms with E-state index in [0.29, 0.717) is 0 Å². The number of allylic oxidation sites excluding steroid dienone is 1. The number of aromatic nitrogens is 2. The largest absolute Gasteiger partial charge is 0.494 e. The van der Waals surface area contributed by atoms with E-state index in [4.69, 9.17) is 4.74 Å². The minimum Gasteiger partial charge on any atom is -0.494 e. The Morgan fingerprint density at radius 2 is 1.58 bits per heavy atom. The van der Waals surface area contributed by atoms with Gasteiger partial charge in [-0.1, -0.05) is 64.9 Å². The Morgan fingerprint density at radius 3 is 2.26 bits per heavy atom. The lowest BCUT2D eigenvalue weighted by Crippen LogP contribution is -1.98. The first-order valence-electron chi connectivity index (χ1n) is 12.4. The topological polar surface area (TPSA) is 35.0 Å². The Kier molecular flexibility index (Phi) is 12.6. The van der Waals surface area contributed by atoms with E-state index in [1.807, 2.05) is 30.6 Å². The highest BCUT2D eigenvalue weighted by Crippen LogP contribution is 2.20. The number of aryl methyl sites for hydroxylation is 1. The van der Waals surface area contributed by atoms with Crippen molar-refractivity contribution in [2.45, 2.75) is 90.9 Å². The molecular formula is C28H42N2O. The van der Waals surface area contributed by atoms with Crippen LogP contribution in [-0.4, -0.2) is 16.6 Å². The van der Waals surface area contributed by atoms with Crippen LogP contribution in [0.15, 0.2) is 49.3 Å². The molecule has 2 aromatic rings. The van der Waals surface area contributed by atoms with Crippen molar-refractivity contribution in [2.24, 2.45) is 5.92 Å². The first-order valence-corrected chi connectivity index (χ1v) is 12.4. The van der Waals surface area contributed by atoms with Gasteiger partial charge in [0.1, 0.15) is 5.75 Å². The lowest BCUT2D eigenvalue weighted by Gasteiger charge is -2.08. The predicted octanol–water partition coefficient (Wildman–Crippen LogP) is 8.20. The second-order valence-corrected chi connectivity index (χ2v) is 8.75. The maximum absolute atomic E-state index is 5.89. The molecule has 1 heterocycles. The molecule has 170 valence electrons. The molecular weight excluding hydrogens is 380 g/mol. The van der Waals surface area contributed by atoms with Crippen LogP contribution in [0.2, 0.25) is 0 Å². The van der Waals surface area contributed by atoms with Crippen LogP contribution in [0.3, 0.4) is 0 Å². The molecule has 0 N–H and O–H groups in total. The molecule has 3 heteroatoms. The maximum Gasteiger partial charge on any atom is 0.159 e. The van der Waals surface area contributed by atoms with Gasteiger partial charge in [-0.2, -0.15) is 0 Å². The van der Waals surface area contributed by atoms with Crippen LogP contribution in [-0.2, 0) is 6.42 Å². The molecule has 0 fully saturated rings. The lowest BCUT2D eigenvalue weighted by molar-refractivity contribution is 0.304. The zero-order chi connectivity index (χ0) is 22.2. The van der Waals surface area contributed by atoms with E-state index in [1.54, 1.807) is 0 Å². The fourth-order valence-corrected chi connectivity index (χ4v) is 3.65. The van der Waals surface area contributed by atoms with E-state index in [-0.39, 0.29) is 0 Å². The fourth-order valence-electron chi connectivity index (χ4n) is 3.65. The Balaban J connectivity index is 1.65. The molecule has 0 saturated heterocycles. The van der Waals surface area contributed by atoms with Gasteiger partial charge in [0.25, 0.3) is 0 Å². The van der Waals surface area contributed by atoms with Gasteiger partial charge in [0.05, 0.1) is 6.61 Å². The highest BCUT2D eigenvalue weighted by atomic mass is 16.5. The molecule has 0 spiro atoms. The minimum absolute atomic E-state index is 0.784. The zero-order valence-corrected chi connectivity index (χ0v) is 19.8. The third kappa shape index (κ3) is 10.6. The summed E-state index contributed by atoms with van der Waals surface area (Å²) in [5.41, 5.74) is 2.27. The number of rotatable bonds is 17. The third-order valence-electron chi connectivity index (χ3n) is 6.00. The van der Waals surface area contributed by atoms with E-state index in [2.05, 4.69) is 42.5 Å². The molecule has 2 rings (SSSR count). The van der Waals surface area contributed by atoms with Gasteiger partial charge in [-0.3, -0.25) is 0 Å². The van der Waals surface area contributed by atoms with Crippen molar-refractivity contribution in [1.29, 1.82) is 0 Å². The summed E-state index contributed by atoms with van der Waals surface area (Å²) in [5.74, 6) is 2.54. The summed E-state index contributed by atoms with van der Waals surface area (Å²) >= 11 is 0. The molecule has 0 unspecified atom stereocenters. The number of ether oxygens (including phenoxy) is 1. The number of hydrogen-bond donors (Lipinski definition) is 0. The Morgan fingerprint density at radius 1 is 0.903 bits per heavy atom. The second kappa shape index (κ2) is 15.6. The summed E-state index contributed by atoms with van der Waals surface area (Å²) in [6, 6.07) is 8.15. The molecule has 1 aromatic heterocycles. The summed E-state index contributed by atoms with van der Waals surface area (Å²) in [6.45, 7) is 9.16. The standard InChI is InChI=1S/C28H42N2O/c1-4-6-7-8-9-10-11-14-21-31-27-19-17-26(18-20-27)28-29-22-25(23-30-28)16-13-12-15-24(3)5-2/h4,17-20,22-24H,1,5-16,21H2,2-3H3/t24-/m0/s1. The van der Waals surface area contributed by atoms with E-state index in [0.717, 1.165) is 48.9 Å². The predicted molar refractivity (Wildman–Crippen MR) is 132 cm³/mol. The van der Waals surface area contributed by atoms with Gasteiger partial charge in [-0.15, -0.1) is 6.58 Å². The van der Waals surface area contributed by atoms with Gasteiger partial charge in [-0.25, -0.2) is 9.97 Å². The lowest BCUT2D eigenvalue weighted by atomic mass is 10.00. The second-order valence-electron chi connectivity index (χ2n) is 8.75. The first kappa shape index (κ1) is 25.1. The van der Waals surface area contributed by atoms with Gasteiger partial charge in [0, 0.05) is 18.0 Å². The van der Waals surface area contributed by atoms with Crippen LogP contribution < -0.4 is 4.74 Å². The van der Waals surface area contributed by atoms with Crippen molar-refractivity contribution in [3.63, 3.8) is 0 Å². The highest BCUT2D eigenvalue weighted by molar-refractivity contribution is 5.55. The Labute approximate surface area is 190 Å². The third-order valence-corrected chi connectivity index (χ3v) is 6.00. The number of nitrogens with zero attached hydrogens (tertiary/aromatic N) is 2. The SMILES string of the molecule is C=CCCCCCCCCOc1ccc(-c2ncc(CCCC[C@@H](C)CC)cn2)cc1. The molecule has 0 aliphatic heterocycles. The van der Waals surface area contributed by atoms with E-state index in [9.17, 15) is 0 Å². The van der Waals surface area contributed by atoms with Gasteiger partial charge in [-0.05, 0) is 67.9 Å². The molecule has 0 saturated carbocycles. The first-order chi connectivity index (χ1) is 15.2. The molecule has 0 amide bonds. The normalized spacial score (nSPS) is 11.9. The van der Waals surface area contributed by atoms with Crippen molar-refractivity contribution in [2.75, 3.05) is 6.61 Å². The number of hydrogen-bond acceptors (Lipinski definition) is 3. The smallest absolute Gasteiger partial charge is 0.159 e. The Hall–Kier alpha value is -2.16. The number of unbranched alkanes of at least 4 members (excludes halogenated alkanes) is 7. The van der Waals surface area contributed by atoms with Gasteiger partial charge in [0.2, 0.25) is 0 Å². The molecule has 1 atom stereocenters. The number of benzene rings is 1. The van der Waals surface area contributed by atoms with Crippen LogP contribution in [0.5, 0.6) is 5.75 Å². The quantitative estimate of drug-likeness (QED) is 0.190. The molecule has 0 aliphatic carbocycles. The van der Waals surface area contributed by atoms with Crippen LogP contribution >= 0.6 is 0 Å². The summed E-state index contributed by atoms with van der Waals surface area (Å²) in [7, 11) is 0. The average Bonchev–Trinajstić information content (AvgIpc) is 2.81. The van der Waals surface area contributed by atoms with Crippen molar-refractivity contribution < 1.29 is 4.74 Å². The molecule has 0 bridgehead atoms. The highest BCUT2D eigenvalue weighted by Gasteiger charge is 2.04. The van der Waals surface area contributed by atoms with Gasteiger partial charge >= 0.3 is 0 Å². The van der Waals surface area contributed by atoms with Crippen LogP contribution in [0.25, 0.3) is 11.4 Å². The van der Waals surface area contributed by atoms with Crippen LogP contribution in [0, 0.1) is 5.92 Å². The van der Waals surface area contributed by atoms with Gasteiger partial charge in [0.15, 0.2) is 5.82 Å². The summed E-state index contributed by atoms with van der Waals surface area (Å²) < 4.78 is 5.89. The monoisotopic (exact) mass is 422 g/mol. The molecule has 31 heavy (non-hydrogen) atoms. The van der Waals surface area contributed by atoms with E-state index >= 15 is 0 Å². The fraction of sp³-hybridized carbons (Fsp3) is 0.571. The van der Waals surface area contributed by atoms with Crippen LogP contribution in [0.1, 0.15) is 90.0 Å². The minimum atomic E-state index is 0.784. The van der Waals surface area contributed by atoms with E-state index in [1.165, 1.54) is 63.4 Å². The summed E-state index contributed by atoms with van der Waals surface area (Å²) in [5, 5.41) is 0.